The summed E-state index contributed by atoms with van der Waals surface area (Å²) in [4.78, 5) is 2.51. The molecule has 124 valence electrons. The molecule has 0 saturated carbocycles. The molecule has 1 fully saturated rings. The molecule has 1 aliphatic heterocycles. The van der Waals surface area contributed by atoms with Crippen LogP contribution in [0.4, 0.5) is 0 Å². The lowest BCUT2D eigenvalue weighted by Gasteiger charge is -2.15. The van der Waals surface area contributed by atoms with Gasteiger partial charge in [0.05, 0.1) is 0 Å². The van der Waals surface area contributed by atoms with Gasteiger partial charge in [0.2, 0.25) is 0 Å². The number of halogens is 1. The Labute approximate surface area is 149 Å². The van der Waals surface area contributed by atoms with Crippen LogP contribution in [0.15, 0.2) is 60.7 Å². The van der Waals surface area contributed by atoms with Gasteiger partial charge in [0.15, 0.2) is 0 Å². The summed E-state index contributed by atoms with van der Waals surface area (Å²) in [5, 5.41) is 0. The largest absolute Gasteiger partial charge is 0.326 e. The number of benzene rings is 2. The lowest BCUT2D eigenvalue weighted by molar-refractivity contribution is 0.353. The fourth-order valence-corrected chi connectivity index (χ4v) is 4.07. The minimum Gasteiger partial charge on any atom is -0.326 e. The number of rotatable bonds is 6. The summed E-state index contributed by atoms with van der Waals surface area (Å²) in [6.07, 6.45) is 0. The molecule has 1 saturated heterocycles. The van der Waals surface area contributed by atoms with E-state index in [-0.39, 0.29) is 18.4 Å². The second kappa shape index (κ2) is 9.33. The first-order valence-corrected chi connectivity index (χ1v) is 9.13. The fourth-order valence-electron chi connectivity index (χ4n) is 3.11. The third-order valence-corrected chi connectivity index (χ3v) is 5.34. The predicted octanol–water partition coefficient (Wildman–Crippen LogP) is 3.77. The zero-order valence-corrected chi connectivity index (χ0v) is 14.9. The predicted molar refractivity (Wildman–Crippen MR) is 103 cm³/mol. The number of hydrogen-bond acceptors (Lipinski definition) is 3. The molecule has 0 unspecified atom stereocenters. The Morgan fingerprint density at radius 1 is 0.957 bits per heavy atom. The van der Waals surface area contributed by atoms with Crippen LogP contribution in [0, 0.1) is 0 Å². The Morgan fingerprint density at radius 3 is 2.30 bits per heavy atom. The number of thioether (sulfide) groups is 1. The molecule has 2 aromatic carbocycles. The van der Waals surface area contributed by atoms with Crippen LogP contribution in [0.3, 0.4) is 0 Å². The highest BCUT2D eigenvalue weighted by molar-refractivity contribution is 7.98. The van der Waals surface area contributed by atoms with Crippen molar-refractivity contribution in [1.82, 2.24) is 4.90 Å². The Balaban J connectivity index is 0.00000192. The van der Waals surface area contributed by atoms with Gasteiger partial charge in [0.25, 0.3) is 0 Å². The van der Waals surface area contributed by atoms with Crippen LogP contribution >= 0.6 is 24.2 Å². The van der Waals surface area contributed by atoms with Crippen LogP contribution in [0.5, 0.6) is 0 Å². The third-order valence-electron chi connectivity index (χ3n) is 4.33. The molecular formula is C19H25ClN2S. The first kappa shape index (κ1) is 18.3. The molecule has 0 radical (unpaired) electrons. The van der Waals surface area contributed by atoms with Crippen molar-refractivity contribution in [2.45, 2.75) is 17.7 Å². The molecule has 0 amide bonds. The van der Waals surface area contributed by atoms with Gasteiger partial charge in [-0.2, -0.15) is 11.8 Å². The molecule has 2 atom stereocenters. The molecule has 2 N–H and O–H groups in total. The van der Waals surface area contributed by atoms with Crippen molar-refractivity contribution in [2.75, 3.05) is 25.4 Å². The first-order valence-electron chi connectivity index (χ1n) is 7.97. The van der Waals surface area contributed by atoms with E-state index in [0.717, 1.165) is 25.4 Å². The maximum Gasteiger partial charge on any atom is 0.0249 e. The summed E-state index contributed by atoms with van der Waals surface area (Å²) < 4.78 is 0. The quantitative estimate of drug-likeness (QED) is 0.806. The Kier molecular flexibility index (Phi) is 7.44. The molecule has 2 nitrogen and oxygen atoms in total. The zero-order valence-electron chi connectivity index (χ0n) is 13.3. The van der Waals surface area contributed by atoms with Crippen molar-refractivity contribution in [3.05, 3.63) is 71.8 Å². The summed E-state index contributed by atoms with van der Waals surface area (Å²) in [5.41, 5.74) is 9.14. The van der Waals surface area contributed by atoms with Crippen LogP contribution in [-0.4, -0.2) is 36.3 Å². The minimum atomic E-state index is 0. The molecular weight excluding hydrogens is 324 g/mol. The SMILES string of the molecule is Cl.N[C@@H]1CN(CCSCc2ccccc2)C[C@H]1c1ccccc1. The summed E-state index contributed by atoms with van der Waals surface area (Å²) >= 11 is 2.01. The fraction of sp³-hybridized carbons (Fsp3) is 0.368. The lowest BCUT2D eigenvalue weighted by atomic mass is 9.95. The van der Waals surface area contributed by atoms with Gasteiger partial charge in [-0.25, -0.2) is 0 Å². The van der Waals surface area contributed by atoms with Crippen molar-refractivity contribution in [1.29, 1.82) is 0 Å². The summed E-state index contributed by atoms with van der Waals surface area (Å²) in [6, 6.07) is 21.7. The molecule has 0 bridgehead atoms. The number of likely N-dealkylation sites (tertiary alicyclic amines) is 1. The van der Waals surface area contributed by atoms with E-state index in [0.29, 0.717) is 5.92 Å². The standard InChI is InChI=1S/C19H24N2S.ClH/c20-19-14-21(13-18(19)17-9-5-2-6-10-17)11-12-22-15-16-7-3-1-4-8-16;/h1-10,18-19H,11-15,20H2;1H/t18-,19+;/m0./s1. The smallest absolute Gasteiger partial charge is 0.0249 e. The van der Waals surface area contributed by atoms with Crippen LogP contribution in [0.1, 0.15) is 17.0 Å². The number of hydrogen-bond donors (Lipinski definition) is 1. The maximum atomic E-state index is 6.35. The monoisotopic (exact) mass is 348 g/mol. The number of nitrogens with zero attached hydrogens (tertiary/aromatic N) is 1. The second-order valence-corrected chi connectivity index (χ2v) is 7.08. The average molecular weight is 349 g/mol. The topological polar surface area (TPSA) is 29.3 Å². The molecule has 1 heterocycles. The molecule has 1 aliphatic rings. The van der Waals surface area contributed by atoms with E-state index < -0.39 is 0 Å². The van der Waals surface area contributed by atoms with Crippen molar-refractivity contribution < 1.29 is 0 Å². The van der Waals surface area contributed by atoms with E-state index in [1.807, 2.05) is 11.8 Å². The zero-order chi connectivity index (χ0) is 15.2. The molecule has 2 aromatic rings. The van der Waals surface area contributed by atoms with Gasteiger partial charge < -0.3 is 10.6 Å². The Bertz CT molecular complexity index is 564. The van der Waals surface area contributed by atoms with Crippen molar-refractivity contribution in [2.24, 2.45) is 5.73 Å². The van der Waals surface area contributed by atoms with E-state index in [9.17, 15) is 0 Å². The minimum absolute atomic E-state index is 0. The van der Waals surface area contributed by atoms with Gasteiger partial charge in [-0.1, -0.05) is 60.7 Å². The van der Waals surface area contributed by atoms with Crippen LogP contribution in [0.25, 0.3) is 0 Å². The van der Waals surface area contributed by atoms with Gasteiger partial charge in [-0.3, -0.25) is 0 Å². The number of nitrogens with two attached hydrogens (primary N) is 1. The van der Waals surface area contributed by atoms with Crippen molar-refractivity contribution in [3.63, 3.8) is 0 Å². The van der Waals surface area contributed by atoms with E-state index >= 15 is 0 Å². The summed E-state index contributed by atoms with van der Waals surface area (Å²) in [7, 11) is 0. The van der Waals surface area contributed by atoms with Crippen molar-refractivity contribution >= 4 is 24.2 Å². The summed E-state index contributed by atoms with van der Waals surface area (Å²) in [6.45, 7) is 3.25. The highest BCUT2D eigenvalue weighted by Gasteiger charge is 2.30. The molecule has 23 heavy (non-hydrogen) atoms. The molecule has 0 aromatic heterocycles. The van der Waals surface area contributed by atoms with Gasteiger partial charge in [-0.15, -0.1) is 12.4 Å². The maximum absolute atomic E-state index is 6.35. The molecule has 4 heteroatoms. The highest BCUT2D eigenvalue weighted by Crippen LogP contribution is 2.26. The molecule has 0 aliphatic carbocycles. The van der Waals surface area contributed by atoms with Crippen LogP contribution in [0.2, 0.25) is 0 Å². The van der Waals surface area contributed by atoms with Gasteiger partial charge in [0, 0.05) is 43.1 Å². The van der Waals surface area contributed by atoms with E-state index in [4.69, 9.17) is 5.73 Å². The van der Waals surface area contributed by atoms with Gasteiger partial charge in [-0.05, 0) is 11.1 Å². The molecule has 3 rings (SSSR count). The van der Waals surface area contributed by atoms with E-state index in [2.05, 4.69) is 65.6 Å². The third kappa shape index (κ3) is 5.25. The van der Waals surface area contributed by atoms with Gasteiger partial charge in [0.1, 0.15) is 0 Å². The van der Waals surface area contributed by atoms with E-state index in [1.165, 1.54) is 16.9 Å². The van der Waals surface area contributed by atoms with Crippen molar-refractivity contribution in [3.8, 4) is 0 Å². The van der Waals surface area contributed by atoms with Crippen LogP contribution in [-0.2, 0) is 5.75 Å². The average Bonchev–Trinajstić information content (AvgIpc) is 2.94. The van der Waals surface area contributed by atoms with E-state index in [1.54, 1.807) is 0 Å². The lowest BCUT2D eigenvalue weighted by Crippen LogP contribution is -2.29. The highest BCUT2D eigenvalue weighted by atomic mass is 35.5. The first-order chi connectivity index (χ1) is 10.8. The molecule has 0 spiro atoms. The van der Waals surface area contributed by atoms with Crippen LogP contribution < -0.4 is 5.73 Å². The second-order valence-electron chi connectivity index (χ2n) is 5.98. The Hall–Kier alpha value is -1.00. The summed E-state index contributed by atoms with van der Waals surface area (Å²) in [5.74, 6) is 2.76. The normalized spacial score (nSPS) is 21.1. The van der Waals surface area contributed by atoms with Gasteiger partial charge >= 0.3 is 0 Å². The Morgan fingerprint density at radius 2 is 1.61 bits per heavy atom.